The van der Waals surface area contributed by atoms with Gasteiger partial charge in [0.1, 0.15) is 0 Å². The molecule has 0 fully saturated rings. The minimum Gasteiger partial charge on any atom is -0.450 e. The molecule has 0 spiro atoms. The quantitative estimate of drug-likeness (QED) is 0.567. The molecule has 0 aliphatic heterocycles. The minimum absolute atomic E-state index is 0.698. The van der Waals surface area contributed by atoms with Gasteiger partial charge in [-0.25, -0.2) is 0 Å². The van der Waals surface area contributed by atoms with Crippen molar-refractivity contribution in [1.29, 1.82) is 0 Å². The molecule has 1 unspecified atom stereocenters. The van der Waals surface area contributed by atoms with Gasteiger partial charge >= 0.3 is 13.6 Å². The Morgan fingerprint density at radius 1 is 1.36 bits per heavy atom. The molecular formula is C8H19O5P. The van der Waals surface area contributed by atoms with Gasteiger partial charge in [-0.05, 0) is 6.92 Å². The molecule has 0 rings (SSSR count). The third-order valence-electron chi connectivity index (χ3n) is 1.31. The molecule has 0 saturated carbocycles. The lowest BCUT2D eigenvalue weighted by molar-refractivity contribution is -0.142. The number of hydrogen-bond donors (Lipinski definition) is 2. The third kappa shape index (κ3) is 11.6. The van der Waals surface area contributed by atoms with Crippen LogP contribution in [0.4, 0.5) is 0 Å². The molecule has 0 aliphatic carbocycles. The Bertz CT molecular complexity index is 196. The van der Waals surface area contributed by atoms with Crippen molar-refractivity contribution in [1.82, 2.24) is 0 Å². The largest absolute Gasteiger partial charge is 0.450 e. The number of hydrogen-bond acceptors (Lipinski definition) is 3. The highest BCUT2D eigenvalue weighted by molar-refractivity contribution is 7.52. The van der Waals surface area contributed by atoms with Crippen molar-refractivity contribution in [2.24, 2.45) is 0 Å². The van der Waals surface area contributed by atoms with Gasteiger partial charge in [0.25, 0.3) is 0 Å². The smallest absolute Gasteiger partial charge is 0.365 e. The Balaban J connectivity index is 0. The zero-order valence-corrected chi connectivity index (χ0v) is 9.95. The van der Waals surface area contributed by atoms with Gasteiger partial charge in [-0.15, -0.1) is 0 Å². The van der Waals surface area contributed by atoms with Crippen LogP contribution in [0.3, 0.4) is 0 Å². The van der Waals surface area contributed by atoms with Gasteiger partial charge in [0.2, 0.25) is 0 Å². The summed E-state index contributed by atoms with van der Waals surface area (Å²) in [6.45, 7) is 6.59. The van der Waals surface area contributed by atoms with Gasteiger partial charge in [-0.2, -0.15) is 0 Å². The lowest BCUT2D eigenvalue weighted by Gasteiger charge is -2.12. The van der Waals surface area contributed by atoms with Crippen LogP contribution in [-0.4, -0.2) is 21.6 Å². The molecule has 14 heavy (non-hydrogen) atoms. The molecule has 0 aromatic carbocycles. The van der Waals surface area contributed by atoms with E-state index in [2.05, 4.69) is 18.6 Å². The van der Waals surface area contributed by atoms with Crippen LogP contribution in [0.25, 0.3) is 0 Å². The summed E-state index contributed by atoms with van der Waals surface area (Å²) in [5.41, 5.74) is 0. The van der Waals surface area contributed by atoms with Crippen molar-refractivity contribution in [2.75, 3.05) is 0 Å². The van der Waals surface area contributed by atoms with E-state index in [0.29, 0.717) is 0 Å². The lowest BCUT2D eigenvalue weighted by Crippen LogP contribution is -2.11. The first-order valence-electron chi connectivity index (χ1n) is 4.48. The van der Waals surface area contributed by atoms with Crippen LogP contribution in [-0.2, 0) is 14.1 Å². The average molecular weight is 226 g/mol. The van der Waals surface area contributed by atoms with E-state index in [0.717, 1.165) is 13.8 Å². The SMILES string of the molecule is CC(=O)OC(C)P(=O)(O)O.CCCC. The summed E-state index contributed by atoms with van der Waals surface area (Å²) < 4.78 is 14.5. The van der Waals surface area contributed by atoms with Crippen molar-refractivity contribution in [3.05, 3.63) is 0 Å². The predicted octanol–water partition coefficient (Wildman–Crippen LogP) is 1.88. The highest BCUT2D eigenvalue weighted by Gasteiger charge is 2.26. The lowest BCUT2D eigenvalue weighted by atomic mass is 10.4. The molecule has 0 amide bonds. The predicted molar refractivity (Wildman–Crippen MR) is 53.9 cm³/mol. The molecule has 0 aromatic heterocycles. The normalized spacial score (nSPS) is 12.4. The second-order valence-corrected chi connectivity index (χ2v) is 4.70. The number of rotatable bonds is 3. The fourth-order valence-electron chi connectivity index (χ4n) is 0.309. The van der Waals surface area contributed by atoms with Crippen molar-refractivity contribution in [2.45, 2.75) is 46.4 Å². The summed E-state index contributed by atoms with van der Waals surface area (Å²) in [5.74, 6) is -2.04. The van der Waals surface area contributed by atoms with Crippen molar-refractivity contribution < 1.29 is 23.9 Å². The number of carbonyl (C=O) groups excluding carboxylic acids is 1. The van der Waals surface area contributed by atoms with E-state index in [4.69, 9.17) is 9.79 Å². The van der Waals surface area contributed by atoms with Crippen molar-refractivity contribution >= 4 is 13.6 Å². The minimum atomic E-state index is -4.25. The average Bonchev–Trinajstić information content (AvgIpc) is 2.02. The molecule has 0 aliphatic rings. The van der Waals surface area contributed by atoms with Gasteiger partial charge in [-0.3, -0.25) is 9.36 Å². The van der Waals surface area contributed by atoms with E-state index in [9.17, 15) is 9.36 Å². The molecule has 0 radical (unpaired) electrons. The van der Waals surface area contributed by atoms with E-state index in [1.54, 1.807) is 0 Å². The summed E-state index contributed by atoms with van der Waals surface area (Å²) in [6.07, 6.45) is 2.64. The summed E-state index contributed by atoms with van der Waals surface area (Å²) in [7, 11) is -4.25. The van der Waals surface area contributed by atoms with Crippen LogP contribution in [0.1, 0.15) is 40.5 Å². The molecule has 86 valence electrons. The van der Waals surface area contributed by atoms with Gasteiger partial charge < -0.3 is 14.5 Å². The molecule has 0 aromatic rings. The molecule has 6 heteroatoms. The van der Waals surface area contributed by atoms with Crippen LogP contribution in [0.15, 0.2) is 0 Å². The van der Waals surface area contributed by atoms with Crippen LogP contribution in [0.5, 0.6) is 0 Å². The second kappa shape index (κ2) is 7.97. The van der Waals surface area contributed by atoms with Gasteiger partial charge in [0, 0.05) is 6.92 Å². The number of carbonyl (C=O) groups is 1. The Morgan fingerprint density at radius 2 is 1.71 bits per heavy atom. The van der Waals surface area contributed by atoms with E-state index < -0.39 is 19.4 Å². The van der Waals surface area contributed by atoms with E-state index in [-0.39, 0.29) is 0 Å². The topological polar surface area (TPSA) is 83.8 Å². The summed E-state index contributed by atoms with van der Waals surface area (Å²) in [6, 6.07) is 0. The molecule has 1 atom stereocenters. The number of ether oxygens (including phenoxy) is 1. The first-order chi connectivity index (χ1) is 6.25. The zero-order chi connectivity index (χ0) is 11.8. The van der Waals surface area contributed by atoms with Crippen LogP contribution >= 0.6 is 7.60 Å². The number of unbranched alkanes of at least 4 members (excludes halogenated alkanes) is 1. The monoisotopic (exact) mass is 226 g/mol. The molecule has 0 saturated heterocycles. The van der Waals surface area contributed by atoms with Crippen LogP contribution < -0.4 is 0 Å². The van der Waals surface area contributed by atoms with Gasteiger partial charge in [0.15, 0.2) is 5.85 Å². The Kier molecular flexibility index (Phi) is 9.15. The van der Waals surface area contributed by atoms with Gasteiger partial charge in [-0.1, -0.05) is 26.7 Å². The maximum atomic E-state index is 10.3. The zero-order valence-electron chi connectivity index (χ0n) is 9.06. The standard InChI is InChI=1S/C4H9O5P.C4H10/c1-3(5)9-4(2)10(6,7)8;1-3-4-2/h4H,1-2H3,(H2,6,7,8);3-4H2,1-2H3. The van der Waals surface area contributed by atoms with E-state index in [1.165, 1.54) is 12.8 Å². The van der Waals surface area contributed by atoms with Crippen molar-refractivity contribution in [3.8, 4) is 0 Å². The molecule has 0 bridgehead atoms. The maximum Gasteiger partial charge on any atom is 0.365 e. The van der Waals surface area contributed by atoms with Gasteiger partial charge in [0.05, 0.1) is 0 Å². The third-order valence-corrected chi connectivity index (χ3v) is 2.36. The Morgan fingerprint density at radius 3 is 1.79 bits per heavy atom. The van der Waals surface area contributed by atoms with Crippen LogP contribution in [0.2, 0.25) is 0 Å². The Labute approximate surface area is 84.6 Å². The van der Waals surface area contributed by atoms with Crippen LogP contribution in [0, 0.1) is 0 Å². The molecule has 0 heterocycles. The Hall–Kier alpha value is -0.380. The highest BCUT2D eigenvalue weighted by Crippen LogP contribution is 2.41. The van der Waals surface area contributed by atoms with E-state index >= 15 is 0 Å². The molecule has 5 nitrogen and oxygen atoms in total. The fourth-order valence-corrected chi connectivity index (χ4v) is 0.595. The summed E-state index contributed by atoms with van der Waals surface area (Å²) in [5, 5.41) is 0. The number of esters is 1. The first kappa shape index (κ1) is 16.1. The van der Waals surface area contributed by atoms with Crippen molar-refractivity contribution in [3.63, 3.8) is 0 Å². The molecule has 2 N–H and O–H groups in total. The fraction of sp³-hybridized carbons (Fsp3) is 0.875. The summed E-state index contributed by atoms with van der Waals surface area (Å²) >= 11 is 0. The molecular weight excluding hydrogens is 207 g/mol. The van der Waals surface area contributed by atoms with E-state index in [1.807, 2.05) is 0 Å². The summed E-state index contributed by atoms with van der Waals surface area (Å²) in [4.78, 5) is 26.9. The maximum absolute atomic E-state index is 10.3. The highest BCUT2D eigenvalue weighted by atomic mass is 31.2. The second-order valence-electron chi connectivity index (χ2n) is 2.80. The first-order valence-corrected chi connectivity index (χ1v) is 6.16.